The zero-order valence-electron chi connectivity index (χ0n) is 13.8. The lowest BCUT2D eigenvalue weighted by molar-refractivity contribution is 0.145. The van der Waals surface area contributed by atoms with Crippen LogP contribution in [0, 0.1) is 12.7 Å². The van der Waals surface area contributed by atoms with Crippen molar-refractivity contribution in [2.75, 3.05) is 6.26 Å². The summed E-state index contributed by atoms with van der Waals surface area (Å²) in [5.41, 5.74) is 1.28. The maximum Gasteiger partial charge on any atom is 0.282 e. The quantitative estimate of drug-likeness (QED) is 0.691. The average Bonchev–Trinajstić information content (AvgIpc) is 2.99. The molecule has 26 heavy (non-hydrogen) atoms. The van der Waals surface area contributed by atoms with Crippen molar-refractivity contribution in [1.82, 2.24) is 14.8 Å². The molecule has 1 aromatic carbocycles. The first-order valence-corrected chi connectivity index (χ1v) is 9.36. The number of sulfone groups is 1. The van der Waals surface area contributed by atoms with Gasteiger partial charge in [-0.1, -0.05) is 0 Å². The summed E-state index contributed by atoms with van der Waals surface area (Å²) in [7, 11) is -3.74. The van der Waals surface area contributed by atoms with Crippen LogP contribution < -0.4 is 0 Å². The van der Waals surface area contributed by atoms with E-state index in [1.807, 2.05) is 0 Å². The Morgan fingerprint density at radius 1 is 1.12 bits per heavy atom. The first kappa shape index (κ1) is 18.1. The van der Waals surface area contributed by atoms with Crippen molar-refractivity contribution in [2.45, 2.75) is 18.2 Å². The minimum absolute atomic E-state index is 0.123. The highest BCUT2D eigenvalue weighted by Crippen LogP contribution is 2.29. The molecule has 0 aliphatic carbocycles. The van der Waals surface area contributed by atoms with Crippen LogP contribution in [0.5, 0.6) is 0 Å². The van der Waals surface area contributed by atoms with Gasteiger partial charge in [0.25, 0.3) is 6.43 Å². The van der Waals surface area contributed by atoms with E-state index in [9.17, 15) is 21.6 Å². The van der Waals surface area contributed by atoms with E-state index in [0.29, 0.717) is 11.3 Å². The molecule has 0 fully saturated rings. The Balaban J connectivity index is 2.20. The van der Waals surface area contributed by atoms with Gasteiger partial charge >= 0.3 is 0 Å². The number of aryl methyl sites for hydroxylation is 1. The molecule has 0 aliphatic heterocycles. The zero-order valence-corrected chi connectivity index (χ0v) is 14.6. The Morgan fingerprint density at radius 3 is 2.42 bits per heavy atom. The smallest absolute Gasteiger partial charge is 0.264 e. The van der Waals surface area contributed by atoms with Gasteiger partial charge in [0.1, 0.15) is 16.4 Å². The van der Waals surface area contributed by atoms with Crippen LogP contribution in [0.25, 0.3) is 16.9 Å². The topological polar surface area (TPSA) is 64.8 Å². The van der Waals surface area contributed by atoms with Crippen molar-refractivity contribution in [3.63, 3.8) is 0 Å². The SMILES string of the molecule is Cc1cncc(-c2cc(C(F)F)nn2-c2ccc(S(C)(=O)=O)c(F)c2)c1. The number of halogens is 3. The maximum atomic E-state index is 14.2. The summed E-state index contributed by atoms with van der Waals surface area (Å²) in [5.74, 6) is -0.979. The molecule has 0 unspecified atom stereocenters. The first-order chi connectivity index (χ1) is 12.2. The molecule has 0 atom stereocenters. The van der Waals surface area contributed by atoms with Gasteiger partial charge in [-0.2, -0.15) is 5.10 Å². The fourth-order valence-corrected chi connectivity index (χ4v) is 3.25. The summed E-state index contributed by atoms with van der Waals surface area (Å²) in [5, 5.41) is 3.84. The van der Waals surface area contributed by atoms with Gasteiger partial charge in [-0.05, 0) is 36.8 Å². The monoisotopic (exact) mass is 381 g/mol. The molecule has 2 heterocycles. The maximum absolute atomic E-state index is 14.2. The van der Waals surface area contributed by atoms with Gasteiger partial charge in [0.2, 0.25) is 0 Å². The molecular formula is C17H14F3N3O2S. The molecule has 3 rings (SSSR count). The summed E-state index contributed by atoms with van der Waals surface area (Å²) in [6, 6.07) is 6.28. The van der Waals surface area contributed by atoms with Gasteiger partial charge < -0.3 is 0 Å². The number of rotatable bonds is 4. The van der Waals surface area contributed by atoms with Gasteiger partial charge in [-0.25, -0.2) is 26.3 Å². The van der Waals surface area contributed by atoms with Crippen LogP contribution in [-0.2, 0) is 9.84 Å². The van der Waals surface area contributed by atoms with Crippen LogP contribution in [-0.4, -0.2) is 29.4 Å². The van der Waals surface area contributed by atoms with E-state index in [4.69, 9.17) is 0 Å². The highest BCUT2D eigenvalue weighted by molar-refractivity contribution is 7.90. The fourth-order valence-electron chi connectivity index (χ4n) is 2.53. The molecule has 0 aliphatic rings. The van der Waals surface area contributed by atoms with Crippen molar-refractivity contribution in [2.24, 2.45) is 0 Å². The number of benzene rings is 1. The van der Waals surface area contributed by atoms with Crippen molar-refractivity contribution >= 4 is 9.84 Å². The predicted molar refractivity (Wildman–Crippen MR) is 89.6 cm³/mol. The van der Waals surface area contributed by atoms with Gasteiger partial charge in [0, 0.05) is 30.3 Å². The third-order valence-corrected chi connectivity index (χ3v) is 4.81. The molecule has 0 bridgehead atoms. The van der Waals surface area contributed by atoms with Crippen molar-refractivity contribution < 1.29 is 21.6 Å². The molecule has 5 nitrogen and oxygen atoms in total. The van der Waals surface area contributed by atoms with Crippen molar-refractivity contribution in [1.29, 1.82) is 0 Å². The number of nitrogens with zero attached hydrogens (tertiary/aromatic N) is 3. The summed E-state index contributed by atoms with van der Waals surface area (Å²) >= 11 is 0. The normalized spacial score (nSPS) is 11.9. The third-order valence-electron chi connectivity index (χ3n) is 3.68. The van der Waals surface area contributed by atoms with Crippen LogP contribution in [0.2, 0.25) is 0 Å². The predicted octanol–water partition coefficient (Wildman–Crippen LogP) is 3.72. The van der Waals surface area contributed by atoms with Gasteiger partial charge in [-0.3, -0.25) is 4.98 Å². The largest absolute Gasteiger partial charge is 0.282 e. The van der Waals surface area contributed by atoms with Gasteiger partial charge in [0.15, 0.2) is 9.84 Å². The van der Waals surface area contributed by atoms with Crippen LogP contribution in [0.1, 0.15) is 17.7 Å². The molecule has 0 spiro atoms. The average molecular weight is 381 g/mol. The minimum Gasteiger partial charge on any atom is -0.264 e. The Labute approximate surface area is 148 Å². The van der Waals surface area contributed by atoms with E-state index in [-0.39, 0.29) is 5.69 Å². The molecule has 0 saturated carbocycles. The Kier molecular flexibility index (Phi) is 4.57. The second-order valence-corrected chi connectivity index (χ2v) is 7.79. The Hall–Kier alpha value is -2.68. The number of pyridine rings is 1. The molecule has 136 valence electrons. The van der Waals surface area contributed by atoms with Crippen LogP contribution >= 0.6 is 0 Å². The lowest BCUT2D eigenvalue weighted by atomic mass is 10.1. The molecule has 0 radical (unpaired) electrons. The summed E-state index contributed by atoms with van der Waals surface area (Å²) in [6.07, 6.45) is 1.17. The number of alkyl halides is 2. The van der Waals surface area contributed by atoms with Gasteiger partial charge in [0.05, 0.1) is 11.4 Å². The van der Waals surface area contributed by atoms with Crippen LogP contribution in [0.15, 0.2) is 47.6 Å². The molecular weight excluding hydrogens is 367 g/mol. The molecule has 0 amide bonds. The summed E-state index contributed by atoms with van der Waals surface area (Å²) in [4.78, 5) is 3.56. The van der Waals surface area contributed by atoms with E-state index in [1.165, 1.54) is 18.3 Å². The fraction of sp³-hybridized carbons (Fsp3) is 0.176. The first-order valence-electron chi connectivity index (χ1n) is 7.47. The van der Waals surface area contributed by atoms with Crippen LogP contribution in [0.3, 0.4) is 0 Å². The standard InChI is InChI=1S/C17H14F3N3O2S/c1-10-5-11(9-21-8-10)15-7-14(17(19)20)22-23(15)12-3-4-16(13(18)6-12)26(2,24)25/h3-9,17H,1-2H3. The highest BCUT2D eigenvalue weighted by Gasteiger charge is 2.20. The lowest BCUT2D eigenvalue weighted by Gasteiger charge is -2.09. The van der Waals surface area contributed by atoms with Gasteiger partial charge in [-0.15, -0.1) is 0 Å². The van der Waals surface area contributed by atoms with E-state index in [1.54, 1.807) is 19.2 Å². The zero-order chi connectivity index (χ0) is 19.1. The van der Waals surface area contributed by atoms with E-state index in [2.05, 4.69) is 10.1 Å². The van der Waals surface area contributed by atoms with E-state index >= 15 is 0 Å². The Bertz CT molecular complexity index is 1080. The molecule has 0 saturated heterocycles. The van der Waals surface area contributed by atoms with Crippen molar-refractivity contribution in [3.05, 3.63) is 59.8 Å². The minimum atomic E-state index is -3.74. The molecule has 9 heteroatoms. The molecule has 2 aromatic heterocycles. The molecule has 0 N–H and O–H groups in total. The second kappa shape index (κ2) is 6.56. The number of hydrogen-bond donors (Lipinski definition) is 0. The number of hydrogen-bond acceptors (Lipinski definition) is 4. The Morgan fingerprint density at radius 2 is 1.85 bits per heavy atom. The summed E-state index contributed by atoms with van der Waals surface area (Å²) < 4.78 is 64.7. The van der Waals surface area contributed by atoms with Crippen molar-refractivity contribution in [3.8, 4) is 16.9 Å². The third kappa shape index (κ3) is 3.48. The summed E-state index contributed by atoms with van der Waals surface area (Å²) in [6.45, 7) is 1.80. The molecule has 3 aromatic rings. The lowest BCUT2D eigenvalue weighted by Crippen LogP contribution is -2.05. The highest BCUT2D eigenvalue weighted by atomic mass is 32.2. The van der Waals surface area contributed by atoms with E-state index in [0.717, 1.165) is 28.6 Å². The van der Waals surface area contributed by atoms with E-state index < -0.39 is 32.7 Å². The second-order valence-electron chi connectivity index (χ2n) is 5.80. The van der Waals surface area contributed by atoms with Crippen LogP contribution in [0.4, 0.5) is 13.2 Å². The number of aromatic nitrogens is 3.